The van der Waals surface area contributed by atoms with Gasteiger partial charge in [0.05, 0.1) is 0 Å². The van der Waals surface area contributed by atoms with Gasteiger partial charge in [0.25, 0.3) is 5.91 Å². The highest BCUT2D eigenvalue weighted by atomic mass is 16.1. The first kappa shape index (κ1) is 11.6. The Labute approximate surface area is 110 Å². The van der Waals surface area contributed by atoms with Gasteiger partial charge in [-0.15, -0.1) is 0 Å². The number of hydrogen-bond donors (Lipinski definition) is 2. The molecule has 1 aliphatic carbocycles. The molecule has 0 spiro atoms. The zero-order valence-corrected chi connectivity index (χ0v) is 10.3. The summed E-state index contributed by atoms with van der Waals surface area (Å²) in [5.74, 6) is 0.454. The van der Waals surface area contributed by atoms with Crippen molar-refractivity contribution >= 4 is 17.4 Å². The number of nitrogens with one attached hydrogen (secondary N) is 1. The predicted octanol–water partition coefficient (Wildman–Crippen LogP) is 2.19. The van der Waals surface area contributed by atoms with E-state index in [4.69, 9.17) is 5.73 Å². The Hall–Kier alpha value is -2.43. The standard InChI is InChI=1S/C14H14N4O/c15-13-12(16-6-7-17-13)14(19)18-11-3-1-2-10(8-11)9-4-5-9/h1-3,6-9H,4-5H2,(H2,15,17)(H,18,19). The molecule has 1 aromatic heterocycles. The lowest BCUT2D eigenvalue weighted by Crippen LogP contribution is -2.16. The van der Waals surface area contributed by atoms with E-state index in [2.05, 4.69) is 21.4 Å². The average molecular weight is 254 g/mol. The minimum absolute atomic E-state index is 0.137. The second-order valence-corrected chi connectivity index (χ2v) is 4.64. The molecule has 2 aromatic rings. The van der Waals surface area contributed by atoms with Crippen LogP contribution in [0.15, 0.2) is 36.7 Å². The van der Waals surface area contributed by atoms with Crippen molar-refractivity contribution in [3.63, 3.8) is 0 Å². The highest BCUT2D eigenvalue weighted by molar-refractivity contribution is 6.05. The zero-order chi connectivity index (χ0) is 13.2. The molecule has 3 rings (SSSR count). The molecule has 19 heavy (non-hydrogen) atoms. The smallest absolute Gasteiger partial charge is 0.278 e. The fourth-order valence-electron chi connectivity index (χ4n) is 2.00. The summed E-state index contributed by atoms with van der Waals surface area (Å²) in [6.07, 6.45) is 5.37. The lowest BCUT2D eigenvalue weighted by atomic mass is 10.1. The average Bonchev–Trinajstić information content (AvgIpc) is 3.24. The summed E-state index contributed by atoms with van der Waals surface area (Å²) < 4.78 is 0. The number of carbonyl (C=O) groups is 1. The van der Waals surface area contributed by atoms with E-state index in [0.717, 1.165) is 5.69 Å². The number of carbonyl (C=O) groups excluding carboxylic acids is 1. The van der Waals surface area contributed by atoms with E-state index in [1.807, 2.05) is 18.2 Å². The van der Waals surface area contributed by atoms with Crippen LogP contribution in [-0.4, -0.2) is 15.9 Å². The molecule has 1 aromatic carbocycles. The number of nitrogen functional groups attached to an aromatic ring is 1. The van der Waals surface area contributed by atoms with Crippen LogP contribution in [0, 0.1) is 0 Å². The molecule has 5 nitrogen and oxygen atoms in total. The normalized spacial score (nSPS) is 14.1. The van der Waals surface area contributed by atoms with Gasteiger partial charge in [0.1, 0.15) is 0 Å². The number of nitrogens with two attached hydrogens (primary N) is 1. The van der Waals surface area contributed by atoms with Crippen LogP contribution < -0.4 is 11.1 Å². The van der Waals surface area contributed by atoms with Gasteiger partial charge >= 0.3 is 0 Å². The first-order chi connectivity index (χ1) is 9.24. The molecule has 0 saturated heterocycles. The van der Waals surface area contributed by atoms with E-state index in [1.54, 1.807) is 0 Å². The van der Waals surface area contributed by atoms with Crippen LogP contribution in [0.5, 0.6) is 0 Å². The van der Waals surface area contributed by atoms with Crippen molar-refractivity contribution in [1.82, 2.24) is 9.97 Å². The van der Waals surface area contributed by atoms with Gasteiger partial charge in [-0.05, 0) is 36.5 Å². The van der Waals surface area contributed by atoms with Crippen molar-refractivity contribution in [2.75, 3.05) is 11.1 Å². The van der Waals surface area contributed by atoms with Crippen molar-refractivity contribution in [2.45, 2.75) is 18.8 Å². The van der Waals surface area contributed by atoms with Crippen molar-refractivity contribution in [3.05, 3.63) is 47.9 Å². The number of rotatable bonds is 3. The molecule has 1 aliphatic rings. The van der Waals surface area contributed by atoms with E-state index in [0.29, 0.717) is 5.92 Å². The molecular formula is C14H14N4O. The van der Waals surface area contributed by atoms with Crippen LogP contribution in [0.1, 0.15) is 34.8 Å². The maximum atomic E-state index is 12.0. The monoisotopic (exact) mass is 254 g/mol. The molecule has 0 aliphatic heterocycles. The minimum Gasteiger partial charge on any atom is -0.382 e. The molecule has 1 amide bonds. The maximum Gasteiger partial charge on any atom is 0.278 e. The van der Waals surface area contributed by atoms with E-state index >= 15 is 0 Å². The predicted molar refractivity (Wildman–Crippen MR) is 72.8 cm³/mol. The number of benzene rings is 1. The summed E-state index contributed by atoms with van der Waals surface area (Å²) in [7, 11) is 0. The van der Waals surface area contributed by atoms with Crippen molar-refractivity contribution < 1.29 is 4.79 Å². The first-order valence-corrected chi connectivity index (χ1v) is 6.22. The largest absolute Gasteiger partial charge is 0.382 e. The molecule has 0 bridgehead atoms. The number of anilines is 2. The highest BCUT2D eigenvalue weighted by Gasteiger charge is 2.23. The van der Waals surface area contributed by atoms with Crippen LogP contribution in [0.3, 0.4) is 0 Å². The van der Waals surface area contributed by atoms with Crippen LogP contribution in [0.2, 0.25) is 0 Å². The minimum atomic E-state index is -0.335. The maximum absolute atomic E-state index is 12.0. The Morgan fingerprint density at radius 3 is 2.79 bits per heavy atom. The van der Waals surface area contributed by atoms with E-state index < -0.39 is 0 Å². The van der Waals surface area contributed by atoms with Crippen molar-refractivity contribution in [1.29, 1.82) is 0 Å². The van der Waals surface area contributed by atoms with Gasteiger partial charge in [0, 0.05) is 18.1 Å². The highest BCUT2D eigenvalue weighted by Crippen LogP contribution is 2.40. The topological polar surface area (TPSA) is 80.9 Å². The van der Waals surface area contributed by atoms with Crippen LogP contribution >= 0.6 is 0 Å². The molecule has 1 fully saturated rings. The lowest BCUT2D eigenvalue weighted by molar-refractivity contribution is 0.102. The van der Waals surface area contributed by atoms with E-state index in [9.17, 15) is 4.79 Å². The van der Waals surface area contributed by atoms with Gasteiger partial charge in [-0.2, -0.15) is 0 Å². The van der Waals surface area contributed by atoms with Gasteiger partial charge in [-0.1, -0.05) is 12.1 Å². The molecule has 1 saturated carbocycles. The van der Waals surface area contributed by atoms with Crippen LogP contribution in [0.25, 0.3) is 0 Å². The van der Waals surface area contributed by atoms with Gasteiger partial charge in [0.2, 0.25) is 0 Å². The number of nitrogens with zero attached hydrogens (tertiary/aromatic N) is 2. The van der Waals surface area contributed by atoms with Gasteiger partial charge in [0.15, 0.2) is 11.5 Å². The Balaban J connectivity index is 1.79. The zero-order valence-electron chi connectivity index (χ0n) is 10.3. The molecule has 96 valence electrons. The fraction of sp³-hybridized carbons (Fsp3) is 0.214. The third kappa shape index (κ3) is 2.54. The molecule has 0 unspecified atom stereocenters. The van der Waals surface area contributed by atoms with Gasteiger partial charge < -0.3 is 11.1 Å². The van der Waals surface area contributed by atoms with E-state index in [1.165, 1.54) is 30.8 Å². The Morgan fingerprint density at radius 1 is 1.26 bits per heavy atom. The van der Waals surface area contributed by atoms with Gasteiger partial charge in [-0.25, -0.2) is 9.97 Å². The molecule has 0 atom stereocenters. The lowest BCUT2D eigenvalue weighted by Gasteiger charge is -2.07. The van der Waals surface area contributed by atoms with Crippen LogP contribution in [0.4, 0.5) is 11.5 Å². The van der Waals surface area contributed by atoms with Gasteiger partial charge in [-0.3, -0.25) is 4.79 Å². The third-order valence-corrected chi connectivity index (χ3v) is 3.13. The van der Waals surface area contributed by atoms with Crippen molar-refractivity contribution in [2.24, 2.45) is 0 Å². The molecule has 1 heterocycles. The first-order valence-electron chi connectivity index (χ1n) is 6.22. The quantitative estimate of drug-likeness (QED) is 0.879. The van der Waals surface area contributed by atoms with Crippen molar-refractivity contribution in [3.8, 4) is 0 Å². The SMILES string of the molecule is Nc1nccnc1C(=O)Nc1cccc(C2CC2)c1. The van der Waals surface area contributed by atoms with E-state index in [-0.39, 0.29) is 17.4 Å². The third-order valence-electron chi connectivity index (χ3n) is 3.13. The second kappa shape index (κ2) is 4.68. The Morgan fingerprint density at radius 2 is 2.05 bits per heavy atom. The van der Waals surface area contributed by atoms with Crippen LogP contribution in [-0.2, 0) is 0 Å². The molecule has 5 heteroatoms. The Bertz CT molecular complexity index is 622. The Kier molecular flexibility index (Phi) is 2.87. The second-order valence-electron chi connectivity index (χ2n) is 4.64. The molecular weight excluding hydrogens is 240 g/mol. The summed E-state index contributed by atoms with van der Waals surface area (Å²) in [5.41, 5.74) is 7.81. The fourth-order valence-corrected chi connectivity index (χ4v) is 2.00. The summed E-state index contributed by atoms with van der Waals surface area (Å²) in [6, 6.07) is 7.89. The summed E-state index contributed by atoms with van der Waals surface area (Å²) in [4.78, 5) is 19.8. The number of amides is 1. The summed E-state index contributed by atoms with van der Waals surface area (Å²) in [6.45, 7) is 0. The summed E-state index contributed by atoms with van der Waals surface area (Å²) >= 11 is 0. The number of aromatic nitrogens is 2. The molecule has 3 N–H and O–H groups in total. The summed E-state index contributed by atoms with van der Waals surface area (Å²) in [5, 5.41) is 2.80. The number of hydrogen-bond acceptors (Lipinski definition) is 4. The molecule has 0 radical (unpaired) electrons.